The van der Waals surface area contributed by atoms with Crippen molar-refractivity contribution in [3.8, 4) is 0 Å². The van der Waals surface area contributed by atoms with Crippen LogP contribution in [0.1, 0.15) is 85.0 Å². The van der Waals surface area contributed by atoms with Gasteiger partial charge in [0.1, 0.15) is 12.3 Å². The lowest BCUT2D eigenvalue weighted by Crippen LogP contribution is -2.29. The van der Waals surface area contributed by atoms with Gasteiger partial charge >= 0.3 is 0 Å². The van der Waals surface area contributed by atoms with Crippen LogP contribution in [0, 0.1) is 29.6 Å². The van der Waals surface area contributed by atoms with E-state index < -0.39 is 12.3 Å². The van der Waals surface area contributed by atoms with Gasteiger partial charge in [0.25, 0.3) is 0 Å². The smallest absolute Gasteiger partial charge is 0.131 e. The molecule has 0 aromatic carbocycles. The fourth-order valence-electron chi connectivity index (χ4n) is 5.01. The van der Waals surface area contributed by atoms with Crippen LogP contribution in [0.4, 0.5) is 8.78 Å². The van der Waals surface area contributed by atoms with Crippen LogP contribution in [0.3, 0.4) is 0 Å². The van der Waals surface area contributed by atoms with Gasteiger partial charge in [-0.05, 0) is 81.5 Å². The average molecular weight is 315 g/mol. The summed E-state index contributed by atoms with van der Waals surface area (Å²) in [6, 6.07) is 0. The van der Waals surface area contributed by atoms with E-state index in [1.54, 1.807) is 0 Å². The minimum atomic E-state index is -1.31. The summed E-state index contributed by atoms with van der Waals surface area (Å²) >= 11 is 0. The van der Waals surface area contributed by atoms with Gasteiger partial charge in [0.15, 0.2) is 0 Å². The summed E-state index contributed by atoms with van der Waals surface area (Å²) in [5, 5.41) is 0. The minimum Gasteiger partial charge on any atom is -0.245 e. The molecule has 130 valence electrons. The second-order valence-electron chi connectivity index (χ2n) is 8.29. The molecule has 2 saturated carbocycles. The summed E-state index contributed by atoms with van der Waals surface area (Å²) in [5.41, 5.74) is 0. The Balaban J connectivity index is 1.77. The first kappa shape index (κ1) is 18.2. The SMILES string of the molecule is CCC(CC(F)C(C)F)C1CCC(C2CCC(C)CC2)CC1. The molecule has 3 unspecified atom stereocenters. The van der Waals surface area contributed by atoms with Crippen molar-refractivity contribution in [2.75, 3.05) is 0 Å². The van der Waals surface area contributed by atoms with E-state index >= 15 is 0 Å². The van der Waals surface area contributed by atoms with E-state index in [4.69, 9.17) is 0 Å². The van der Waals surface area contributed by atoms with Crippen LogP contribution in [-0.2, 0) is 0 Å². The maximum Gasteiger partial charge on any atom is 0.131 e. The standard InChI is InChI=1S/C20H36F2/c1-4-16(13-20(22)15(3)21)17-9-11-19(12-10-17)18-7-5-14(2)6-8-18/h14-20H,4-13H2,1-3H3. The van der Waals surface area contributed by atoms with Gasteiger partial charge in [0, 0.05) is 0 Å². The molecular formula is C20H36F2. The molecule has 0 aromatic rings. The minimum absolute atomic E-state index is 0.389. The Hall–Kier alpha value is -0.140. The van der Waals surface area contributed by atoms with Crippen molar-refractivity contribution in [3.63, 3.8) is 0 Å². The Kier molecular flexibility index (Phi) is 7.15. The summed E-state index contributed by atoms with van der Waals surface area (Å²) in [4.78, 5) is 0. The van der Waals surface area contributed by atoms with Gasteiger partial charge in [-0.15, -0.1) is 0 Å². The van der Waals surface area contributed by atoms with Crippen LogP contribution in [0.25, 0.3) is 0 Å². The highest BCUT2D eigenvalue weighted by molar-refractivity contribution is 4.84. The molecule has 0 amide bonds. The van der Waals surface area contributed by atoms with Gasteiger partial charge < -0.3 is 0 Å². The van der Waals surface area contributed by atoms with Crippen LogP contribution < -0.4 is 0 Å². The van der Waals surface area contributed by atoms with Crippen LogP contribution >= 0.6 is 0 Å². The maximum absolute atomic E-state index is 13.7. The molecule has 0 bridgehead atoms. The molecule has 0 spiro atoms. The predicted molar refractivity (Wildman–Crippen MR) is 90.4 cm³/mol. The Morgan fingerprint density at radius 3 is 1.82 bits per heavy atom. The molecular weight excluding hydrogens is 278 g/mol. The zero-order valence-electron chi connectivity index (χ0n) is 14.9. The summed E-state index contributed by atoms with van der Waals surface area (Å²) in [7, 11) is 0. The number of halogens is 2. The molecule has 2 rings (SSSR count). The zero-order chi connectivity index (χ0) is 16.1. The van der Waals surface area contributed by atoms with E-state index in [1.165, 1.54) is 58.3 Å². The first-order valence-electron chi connectivity index (χ1n) is 9.79. The molecule has 2 heteroatoms. The third kappa shape index (κ3) is 4.93. The second-order valence-corrected chi connectivity index (χ2v) is 8.29. The Morgan fingerprint density at radius 2 is 1.36 bits per heavy atom. The highest BCUT2D eigenvalue weighted by Gasteiger charge is 2.33. The highest BCUT2D eigenvalue weighted by Crippen LogP contribution is 2.44. The molecule has 0 saturated heterocycles. The van der Waals surface area contributed by atoms with E-state index in [9.17, 15) is 8.78 Å². The van der Waals surface area contributed by atoms with Crippen molar-refractivity contribution in [3.05, 3.63) is 0 Å². The van der Waals surface area contributed by atoms with Gasteiger partial charge in [-0.1, -0.05) is 33.1 Å². The quantitative estimate of drug-likeness (QED) is 0.510. The molecule has 2 fully saturated rings. The average Bonchev–Trinajstić information content (AvgIpc) is 2.53. The van der Waals surface area contributed by atoms with Gasteiger partial charge in [-0.2, -0.15) is 0 Å². The number of alkyl halides is 2. The first-order valence-corrected chi connectivity index (χ1v) is 9.79. The fraction of sp³-hybridized carbons (Fsp3) is 1.00. The highest BCUT2D eigenvalue weighted by atomic mass is 19.2. The third-order valence-electron chi connectivity index (χ3n) is 6.76. The van der Waals surface area contributed by atoms with Crippen molar-refractivity contribution >= 4 is 0 Å². The Bertz CT molecular complexity index is 299. The summed E-state index contributed by atoms with van der Waals surface area (Å²) in [6.07, 6.45) is 9.74. The van der Waals surface area contributed by atoms with E-state index in [-0.39, 0.29) is 0 Å². The molecule has 0 nitrogen and oxygen atoms in total. The molecule has 0 radical (unpaired) electrons. The van der Waals surface area contributed by atoms with Gasteiger partial charge in [-0.25, -0.2) is 8.78 Å². The maximum atomic E-state index is 13.7. The van der Waals surface area contributed by atoms with Crippen LogP contribution in [0.15, 0.2) is 0 Å². The lowest BCUT2D eigenvalue weighted by molar-refractivity contribution is 0.0933. The van der Waals surface area contributed by atoms with E-state index in [1.807, 2.05) is 0 Å². The summed E-state index contributed by atoms with van der Waals surface area (Å²) in [5.74, 6) is 3.84. The number of hydrogen-bond acceptors (Lipinski definition) is 0. The molecule has 0 aliphatic heterocycles. The van der Waals surface area contributed by atoms with Crippen molar-refractivity contribution in [1.29, 1.82) is 0 Å². The molecule has 22 heavy (non-hydrogen) atoms. The predicted octanol–water partition coefficient (Wildman–Crippen LogP) is 6.73. The number of hydrogen-bond donors (Lipinski definition) is 0. The normalized spacial score (nSPS) is 37.5. The second kappa shape index (κ2) is 8.64. The molecule has 2 aliphatic carbocycles. The first-order chi connectivity index (χ1) is 10.5. The molecule has 2 aliphatic rings. The monoisotopic (exact) mass is 314 g/mol. The number of rotatable bonds is 6. The van der Waals surface area contributed by atoms with Crippen LogP contribution in [0.2, 0.25) is 0 Å². The van der Waals surface area contributed by atoms with E-state index in [2.05, 4.69) is 13.8 Å². The lowest BCUT2D eigenvalue weighted by Gasteiger charge is -2.39. The van der Waals surface area contributed by atoms with Gasteiger partial charge in [0.05, 0.1) is 0 Å². The summed E-state index contributed by atoms with van der Waals surface area (Å²) < 4.78 is 26.9. The molecule has 3 atom stereocenters. The molecule has 0 heterocycles. The van der Waals surface area contributed by atoms with Crippen molar-refractivity contribution in [2.24, 2.45) is 29.6 Å². The molecule has 0 N–H and O–H groups in total. The van der Waals surface area contributed by atoms with Gasteiger partial charge in [0.2, 0.25) is 0 Å². The van der Waals surface area contributed by atoms with Crippen molar-refractivity contribution < 1.29 is 8.78 Å². The lowest BCUT2D eigenvalue weighted by atomic mass is 9.66. The fourth-order valence-corrected chi connectivity index (χ4v) is 5.01. The van der Waals surface area contributed by atoms with Crippen molar-refractivity contribution in [1.82, 2.24) is 0 Å². The topological polar surface area (TPSA) is 0 Å². The van der Waals surface area contributed by atoms with Crippen LogP contribution in [0.5, 0.6) is 0 Å². The Labute approximate surface area is 136 Å². The third-order valence-corrected chi connectivity index (χ3v) is 6.76. The van der Waals surface area contributed by atoms with Crippen molar-refractivity contribution in [2.45, 2.75) is 97.3 Å². The van der Waals surface area contributed by atoms with E-state index in [0.717, 1.165) is 24.2 Å². The van der Waals surface area contributed by atoms with Crippen LogP contribution in [-0.4, -0.2) is 12.3 Å². The van der Waals surface area contributed by atoms with E-state index in [0.29, 0.717) is 18.3 Å². The molecule has 0 aromatic heterocycles. The van der Waals surface area contributed by atoms with Gasteiger partial charge in [-0.3, -0.25) is 0 Å². The largest absolute Gasteiger partial charge is 0.245 e. The summed E-state index contributed by atoms with van der Waals surface area (Å²) in [6.45, 7) is 5.89. The Morgan fingerprint density at radius 1 is 0.864 bits per heavy atom. The zero-order valence-corrected chi connectivity index (χ0v) is 14.9.